The van der Waals surface area contributed by atoms with E-state index in [1.54, 1.807) is 0 Å². The minimum Gasteiger partial charge on any atom is -0.330 e. The SMILES string of the molecule is CC(CC(C)(C)CCN)C1CC1. The Balaban J connectivity index is 2.26. The van der Waals surface area contributed by atoms with Gasteiger partial charge in [0.15, 0.2) is 0 Å². The first-order valence-corrected chi connectivity index (χ1v) is 5.25. The lowest BCUT2D eigenvalue weighted by Crippen LogP contribution is -2.20. The molecule has 0 saturated heterocycles. The highest BCUT2D eigenvalue weighted by Crippen LogP contribution is 2.42. The van der Waals surface area contributed by atoms with E-state index in [4.69, 9.17) is 5.73 Å². The van der Waals surface area contributed by atoms with E-state index in [1.807, 2.05) is 0 Å². The van der Waals surface area contributed by atoms with E-state index in [1.165, 1.54) is 25.7 Å². The molecule has 0 heterocycles. The second kappa shape index (κ2) is 3.78. The molecule has 1 heteroatoms. The van der Waals surface area contributed by atoms with E-state index in [0.29, 0.717) is 5.41 Å². The van der Waals surface area contributed by atoms with Crippen LogP contribution < -0.4 is 5.73 Å². The summed E-state index contributed by atoms with van der Waals surface area (Å²) < 4.78 is 0. The van der Waals surface area contributed by atoms with Crippen molar-refractivity contribution in [2.24, 2.45) is 23.0 Å². The van der Waals surface area contributed by atoms with E-state index in [-0.39, 0.29) is 0 Å². The fourth-order valence-electron chi connectivity index (χ4n) is 2.20. The van der Waals surface area contributed by atoms with Crippen LogP contribution in [0.4, 0.5) is 0 Å². The lowest BCUT2D eigenvalue weighted by Gasteiger charge is -2.27. The van der Waals surface area contributed by atoms with Gasteiger partial charge in [-0.1, -0.05) is 20.8 Å². The third-order valence-corrected chi connectivity index (χ3v) is 3.12. The summed E-state index contributed by atoms with van der Waals surface area (Å²) in [6.07, 6.45) is 5.47. The predicted molar refractivity (Wildman–Crippen MR) is 54.0 cm³/mol. The van der Waals surface area contributed by atoms with Gasteiger partial charge >= 0.3 is 0 Å². The van der Waals surface area contributed by atoms with Crippen LogP contribution >= 0.6 is 0 Å². The molecule has 1 aliphatic carbocycles. The smallest absolute Gasteiger partial charge is 0.00722 e. The van der Waals surface area contributed by atoms with Crippen LogP contribution in [-0.4, -0.2) is 6.54 Å². The highest BCUT2D eigenvalue weighted by Gasteiger charge is 2.31. The molecule has 0 aromatic carbocycles. The first-order valence-electron chi connectivity index (χ1n) is 5.25. The van der Waals surface area contributed by atoms with E-state index < -0.39 is 0 Å². The largest absolute Gasteiger partial charge is 0.330 e. The molecule has 0 bridgehead atoms. The minimum absolute atomic E-state index is 0.469. The Morgan fingerprint density at radius 1 is 1.42 bits per heavy atom. The maximum absolute atomic E-state index is 5.58. The van der Waals surface area contributed by atoms with E-state index >= 15 is 0 Å². The van der Waals surface area contributed by atoms with Gasteiger partial charge in [0.05, 0.1) is 0 Å². The summed E-state index contributed by atoms with van der Waals surface area (Å²) in [4.78, 5) is 0. The molecule has 2 N–H and O–H groups in total. The Hall–Kier alpha value is -0.0400. The Kier molecular flexibility index (Phi) is 3.16. The van der Waals surface area contributed by atoms with Crippen molar-refractivity contribution in [3.05, 3.63) is 0 Å². The number of rotatable bonds is 5. The van der Waals surface area contributed by atoms with Crippen molar-refractivity contribution >= 4 is 0 Å². The molecule has 1 nitrogen and oxygen atoms in total. The molecule has 0 aliphatic heterocycles. The van der Waals surface area contributed by atoms with Crippen LogP contribution in [0.3, 0.4) is 0 Å². The van der Waals surface area contributed by atoms with Crippen molar-refractivity contribution in [3.63, 3.8) is 0 Å². The van der Waals surface area contributed by atoms with E-state index in [2.05, 4.69) is 20.8 Å². The summed E-state index contributed by atoms with van der Waals surface area (Å²) in [7, 11) is 0. The molecule has 1 aliphatic rings. The first kappa shape index (κ1) is 10.0. The summed E-state index contributed by atoms with van der Waals surface area (Å²) in [5.74, 6) is 1.97. The Bertz CT molecular complexity index is 136. The van der Waals surface area contributed by atoms with Crippen molar-refractivity contribution in [1.29, 1.82) is 0 Å². The second-order valence-corrected chi connectivity index (χ2v) is 5.22. The normalized spacial score (nSPS) is 21.0. The second-order valence-electron chi connectivity index (χ2n) is 5.22. The van der Waals surface area contributed by atoms with Crippen LogP contribution in [0.5, 0.6) is 0 Å². The van der Waals surface area contributed by atoms with Crippen molar-refractivity contribution in [1.82, 2.24) is 0 Å². The summed E-state index contributed by atoms with van der Waals surface area (Å²) >= 11 is 0. The van der Waals surface area contributed by atoms with Gasteiger partial charge in [-0.05, 0) is 49.5 Å². The standard InChI is InChI=1S/C11H23N/c1-9(10-4-5-10)8-11(2,3)6-7-12/h9-10H,4-8,12H2,1-3H3. The Morgan fingerprint density at radius 3 is 2.42 bits per heavy atom. The number of hydrogen-bond acceptors (Lipinski definition) is 1. The molecular formula is C11H23N. The zero-order chi connectivity index (χ0) is 9.19. The maximum Gasteiger partial charge on any atom is -0.00722 e. The van der Waals surface area contributed by atoms with Crippen LogP contribution in [0, 0.1) is 17.3 Å². The summed E-state index contributed by atoms with van der Waals surface area (Å²) in [6, 6.07) is 0. The summed E-state index contributed by atoms with van der Waals surface area (Å²) in [6.45, 7) is 7.93. The molecule has 12 heavy (non-hydrogen) atoms. The molecule has 1 unspecified atom stereocenters. The van der Waals surface area contributed by atoms with Crippen LogP contribution in [0.1, 0.15) is 46.5 Å². The third-order valence-electron chi connectivity index (χ3n) is 3.12. The minimum atomic E-state index is 0.469. The number of nitrogens with two attached hydrogens (primary N) is 1. The van der Waals surface area contributed by atoms with Crippen molar-refractivity contribution in [2.75, 3.05) is 6.54 Å². The van der Waals surface area contributed by atoms with Crippen LogP contribution in [0.25, 0.3) is 0 Å². The molecule has 0 radical (unpaired) electrons. The molecule has 1 rings (SSSR count). The zero-order valence-electron chi connectivity index (χ0n) is 8.77. The van der Waals surface area contributed by atoms with Gasteiger partial charge in [0.1, 0.15) is 0 Å². The first-order chi connectivity index (χ1) is 5.55. The van der Waals surface area contributed by atoms with E-state index in [0.717, 1.165) is 18.4 Å². The van der Waals surface area contributed by atoms with Crippen molar-refractivity contribution in [3.8, 4) is 0 Å². The molecule has 0 amide bonds. The lowest BCUT2D eigenvalue weighted by molar-refractivity contribution is 0.246. The van der Waals surface area contributed by atoms with Crippen molar-refractivity contribution < 1.29 is 0 Å². The molecule has 1 fully saturated rings. The van der Waals surface area contributed by atoms with Gasteiger partial charge in [0.25, 0.3) is 0 Å². The average molecular weight is 169 g/mol. The molecule has 0 spiro atoms. The highest BCUT2D eigenvalue weighted by molar-refractivity contribution is 4.83. The zero-order valence-corrected chi connectivity index (χ0v) is 8.77. The average Bonchev–Trinajstić information content (AvgIpc) is 2.65. The van der Waals surface area contributed by atoms with Crippen molar-refractivity contribution in [2.45, 2.75) is 46.5 Å². The Labute approximate surface area is 76.7 Å². The Morgan fingerprint density at radius 2 is 2.00 bits per heavy atom. The van der Waals surface area contributed by atoms with Gasteiger partial charge < -0.3 is 5.73 Å². The molecular weight excluding hydrogens is 146 g/mol. The van der Waals surface area contributed by atoms with Crippen LogP contribution in [0.2, 0.25) is 0 Å². The van der Waals surface area contributed by atoms with Crippen LogP contribution in [-0.2, 0) is 0 Å². The predicted octanol–water partition coefficient (Wildman–Crippen LogP) is 2.80. The van der Waals surface area contributed by atoms with Gasteiger partial charge in [0, 0.05) is 0 Å². The van der Waals surface area contributed by atoms with Gasteiger partial charge in [0.2, 0.25) is 0 Å². The molecule has 1 saturated carbocycles. The lowest BCUT2D eigenvalue weighted by atomic mass is 9.79. The monoisotopic (exact) mass is 169 g/mol. The van der Waals surface area contributed by atoms with Gasteiger partial charge in [-0.3, -0.25) is 0 Å². The fraction of sp³-hybridized carbons (Fsp3) is 1.00. The van der Waals surface area contributed by atoms with Crippen LogP contribution in [0.15, 0.2) is 0 Å². The highest BCUT2D eigenvalue weighted by atomic mass is 14.5. The van der Waals surface area contributed by atoms with Gasteiger partial charge in [-0.25, -0.2) is 0 Å². The number of hydrogen-bond donors (Lipinski definition) is 1. The summed E-state index contributed by atoms with van der Waals surface area (Å²) in [5.41, 5.74) is 6.05. The molecule has 0 aromatic heterocycles. The summed E-state index contributed by atoms with van der Waals surface area (Å²) in [5, 5.41) is 0. The maximum atomic E-state index is 5.58. The van der Waals surface area contributed by atoms with Gasteiger partial charge in [-0.15, -0.1) is 0 Å². The van der Waals surface area contributed by atoms with Gasteiger partial charge in [-0.2, -0.15) is 0 Å². The molecule has 0 aromatic rings. The fourth-order valence-corrected chi connectivity index (χ4v) is 2.20. The third kappa shape index (κ3) is 3.14. The quantitative estimate of drug-likeness (QED) is 0.673. The molecule has 72 valence electrons. The van der Waals surface area contributed by atoms with E-state index in [9.17, 15) is 0 Å². The topological polar surface area (TPSA) is 26.0 Å². The molecule has 1 atom stereocenters.